The normalized spacial score (nSPS) is 12.2. The second-order valence-corrected chi connectivity index (χ2v) is 18.1. The Balaban J connectivity index is 0.000000212. The van der Waals surface area contributed by atoms with E-state index in [-0.39, 0.29) is 25.4 Å². The lowest BCUT2D eigenvalue weighted by Crippen LogP contribution is -2.37. The van der Waals surface area contributed by atoms with Gasteiger partial charge in [-0.05, 0) is 93.3 Å². The number of nitrogens with zero attached hydrogens (tertiary/aromatic N) is 8. The second kappa shape index (κ2) is 20.8. The van der Waals surface area contributed by atoms with Crippen molar-refractivity contribution in [3.05, 3.63) is 133 Å². The number of aliphatic carboxylic acids is 1. The zero-order valence-electron chi connectivity index (χ0n) is 39.8. The average Bonchev–Trinajstić information content (AvgIpc) is 4.17. The van der Waals surface area contributed by atoms with Crippen molar-refractivity contribution in [2.24, 2.45) is 0 Å². The van der Waals surface area contributed by atoms with E-state index in [9.17, 15) is 50.6 Å². The van der Waals surface area contributed by atoms with E-state index in [1.54, 1.807) is 113 Å². The van der Waals surface area contributed by atoms with E-state index in [1.807, 2.05) is 57.6 Å². The molecule has 0 unspecified atom stereocenters. The van der Waals surface area contributed by atoms with Crippen LogP contribution in [0.5, 0.6) is 0 Å². The van der Waals surface area contributed by atoms with Crippen LogP contribution in [0.1, 0.15) is 71.4 Å². The molecular formula is C52H50F6N8O6. The number of rotatable bonds is 17. The van der Waals surface area contributed by atoms with Crippen molar-refractivity contribution >= 4 is 34.8 Å². The molecule has 14 nitrogen and oxygen atoms in total. The maximum atomic E-state index is 12.4. The number of benzene rings is 2. The number of hydrogen-bond donors (Lipinski definition) is 1. The molecule has 2 aromatic carbocycles. The van der Waals surface area contributed by atoms with Gasteiger partial charge in [-0.25, -0.2) is 19.6 Å². The summed E-state index contributed by atoms with van der Waals surface area (Å²) in [6.45, 7) is 8.65. The van der Waals surface area contributed by atoms with Crippen molar-refractivity contribution < 1.29 is 55.4 Å². The van der Waals surface area contributed by atoms with Crippen LogP contribution in [0, 0.1) is 0 Å². The first-order valence-corrected chi connectivity index (χ1v) is 22.7. The molecule has 0 spiro atoms. The highest BCUT2D eigenvalue weighted by atomic mass is 19.4. The number of pyridine rings is 2. The van der Waals surface area contributed by atoms with Crippen LogP contribution in [0.4, 0.5) is 26.3 Å². The number of imidazole rings is 2. The molecule has 20 heteroatoms. The van der Waals surface area contributed by atoms with Crippen LogP contribution in [0.3, 0.4) is 0 Å². The standard InChI is InChI=1S/C27H27F3N4O3.C25H23F3N4O3/c1-4-37-25(36)26(2,3)34-17-21(15-32-34)19-9-11-33-23(16-31-24(33)14-19)20-7-5-6-18(12-20)13-22(35)8-10-27(28,29)30;1-24(2,23(34)35)32-15-19(13-30-32)17-7-9-31-21(14-29-22(31)12-17)18-5-3-4-16(10-18)11-20(33)6-8-25(26,27)28/h5-7,9,11-12,14-17H,4,8,10,13H2,1-3H3;3-5,7,9-10,12-15H,6,8,11H2,1-2H3,(H,34,35). The fraction of sp³-hybridized carbons (Fsp3) is 0.308. The first-order valence-electron chi connectivity index (χ1n) is 22.7. The van der Waals surface area contributed by atoms with Gasteiger partial charge in [0.15, 0.2) is 11.1 Å². The number of carboxylic acid groups (broad SMARTS) is 1. The van der Waals surface area contributed by atoms with Gasteiger partial charge < -0.3 is 9.84 Å². The molecule has 0 aliphatic heterocycles. The van der Waals surface area contributed by atoms with Crippen LogP contribution >= 0.6 is 0 Å². The van der Waals surface area contributed by atoms with Crippen molar-refractivity contribution in [3.8, 4) is 44.8 Å². The van der Waals surface area contributed by atoms with E-state index in [4.69, 9.17) is 4.74 Å². The fourth-order valence-corrected chi connectivity index (χ4v) is 7.68. The zero-order chi connectivity index (χ0) is 52.2. The Bertz CT molecular complexity index is 3270. The summed E-state index contributed by atoms with van der Waals surface area (Å²) in [6, 6.07) is 21.8. The fourth-order valence-electron chi connectivity index (χ4n) is 7.68. The van der Waals surface area contributed by atoms with Crippen LogP contribution in [-0.2, 0) is 47.8 Å². The second-order valence-electron chi connectivity index (χ2n) is 18.1. The third-order valence-electron chi connectivity index (χ3n) is 11.9. The van der Waals surface area contributed by atoms with Gasteiger partial charge in [0.05, 0.1) is 55.6 Å². The number of carboxylic acids is 1. The number of aromatic nitrogens is 8. The molecule has 0 fully saturated rings. The van der Waals surface area contributed by atoms with Gasteiger partial charge in [-0.3, -0.25) is 27.8 Å². The quantitative estimate of drug-likeness (QED) is 0.0685. The molecule has 0 saturated carbocycles. The number of Topliss-reactive ketones (excluding diaryl/α,β-unsaturated/α-hetero) is 2. The molecule has 0 aliphatic carbocycles. The Labute approximate surface area is 408 Å². The number of ketones is 2. The van der Waals surface area contributed by atoms with E-state index in [0.29, 0.717) is 22.4 Å². The summed E-state index contributed by atoms with van der Waals surface area (Å²) >= 11 is 0. The number of hydrogen-bond acceptors (Lipinski definition) is 9. The summed E-state index contributed by atoms with van der Waals surface area (Å²) in [5.74, 6) is -2.29. The van der Waals surface area contributed by atoms with Gasteiger partial charge in [-0.2, -0.15) is 36.5 Å². The maximum absolute atomic E-state index is 12.4. The number of ether oxygens (including phenoxy) is 1. The first kappa shape index (κ1) is 51.9. The lowest BCUT2D eigenvalue weighted by atomic mass is 10.0. The van der Waals surface area contributed by atoms with Crippen LogP contribution in [0.25, 0.3) is 56.1 Å². The molecule has 0 saturated heterocycles. The van der Waals surface area contributed by atoms with Crippen molar-refractivity contribution in [3.63, 3.8) is 0 Å². The monoisotopic (exact) mass is 996 g/mol. The molecule has 0 bridgehead atoms. The van der Waals surface area contributed by atoms with Gasteiger partial charge in [0.2, 0.25) is 0 Å². The van der Waals surface area contributed by atoms with Gasteiger partial charge in [-0.1, -0.05) is 36.4 Å². The molecule has 0 aliphatic rings. The molecule has 6 aromatic heterocycles. The lowest BCUT2D eigenvalue weighted by Gasteiger charge is -2.22. The smallest absolute Gasteiger partial charge is 0.389 e. The number of halogens is 6. The van der Waals surface area contributed by atoms with Crippen LogP contribution in [0.15, 0.2) is 122 Å². The lowest BCUT2D eigenvalue weighted by molar-refractivity contribution is -0.152. The van der Waals surface area contributed by atoms with E-state index < -0.39 is 66.6 Å². The third-order valence-corrected chi connectivity index (χ3v) is 11.9. The Morgan fingerprint density at radius 1 is 0.569 bits per heavy atom. The molecule has 8 rings (SSSR count). The molecule has 1 N–H and O–H groups in total. The largest absolute Gasteiger partial charge is 0.479 e. The summed E-state index contributed by atoms with van der Waals surface area (Å²) in [5.41, 5.74) is 6.80. The predicted molar refractivity (Wildman–Crippen MR) is 255 cm³/mol. The summed E-state index contributed by atoms with van der Waals surface area (Å²) in [4.78, 5) is 56.8. The first-order chi connectivity index (χ1) is 33.9. The van der Waals surface area contributed by atoms with E-state index in [1.165, 1.54) is 4.68 Å². The zero-order valence-corrected chi connectivity index (χ0v) is 39.8. The summed E-state index contributed by atoms with van der Waals surface area (Å²) in [5, 5.41) is 18.0. The van der Waals surface area contributed by atoms with E-state index in [2.05, 4.69) is 20.2 Å². The third kappa shape index (κ3) is 12.3. The molecule has 0 atom stereocenters. The Hall–Kier alpha value is -7.90. The molecule has 8 aromatic rings. The minimum absolute atomic E-state index is 0.0586. The van der Waals surface area contributed by atoms with Crippen molar-refractivity contribution in [1.82, 2.24) is 38.3 Å². The number of carbonyl (C=O) groups is 4. The molecule has 0 amide bonds. The summed E-state index contributed by atoms with van der Waals surface area (Å²) in [6.07, 6.45) is 1.69. The minimum Gasteiger partial charge on any atom is -0.479 e. The highest BCUT2D eigenvalue weighted by Gasteiger charge is 2.33. The number of alkyl halides is 6. The van der Waals surface area contributed by atoms with Crippen LogP contribution < -0.4 is 0 Å². The van der Waals surface area contributed by atoms with Gasteiger partial charge in [0.1, 0.15) is 22.9 Å². The van der Waals surface area contributed by atoms with E-state index in [0.717, 1.165) is 44.8 Å². The van der Waals surface area contributed by atoms with Crippen molar-refractivity contribution in [2.45, 2.75) is 96.6 Å². The number of fused-ring (bicyclic) bond motifs is 2. The van der Waals surface area contributed by atoms with E-state index >= 15 is 0 Å². The Morgan fingerprint density at radius 3 is 1.40 bits per heavy atom. The van der Waals surface area contributed by atoms with Gasteiger partial charge in [0.25, 0.3) is 0 Å². The minimum atomic E-state index is -4.35. The molecular weight excluding hydrogens is 947 g/mol. The molecule has 0 radical (unpaired) electrons. The average molecular weight is 997 g/mol. The van der Waals surface area contributed by atoms with Crippen molar-refractivity contribution in [1.29, 1.82) is 0 Å². The summed E-state index contributed by atoms with van der Waals surface area (Å²) < 4.78 is 86.3. The Morgan fingerprint density at radius 2 is 1.00 bits per heavy atom. The Kier molecular flexibility index (Phi) is 15.0. The van der Waals surface area contributed by atoms with Gasteiger partial charge >= 0.3 is 24.3 Å². The predicted octanol–water partition coefficient (Wildman–Crippen LogP) is 10.8. The summed E-state index contributed by atoms with van der Waals surface area (Å²) in [7, 11) is 0. The molecule has 72 heavy (non-hydrogen) atoms. The number of esters is 1. The van der Waals surface area contributed by atoms with Crippen LogP contribution in [0.2, 0.25) is 0 Å². The maximum Gasteiger partial charge on any atom is 0.389 e. The van der Waals surface area contributed by atoms with Gasteiger partial charge in [0, 0.05) is 72.7 Å². The van der Waals surface area contributed by atoms with Crippen molar-refractivity contribution in [2.75, 3.05) is 6.61 Å². The number of carbonyl (C=O) groups excluding carboxylic acids is 3. The van der Waals surface area contributed by atoms with Gasteiger partial charge in [-0.15, -0.1) is 0 Å². The molecule has 376 valence electrons. The SMILES string of the molecule is CC(C)(C(=O)O)n1cc(-c2ccn3c(-c4cccc(CC(=O)CCC(F)(F)F)c4)cnc3c2)cn1.CCOC(=O)C(C)(C)n1cc(-c2ccn3c(-c4cccc(CC(=O)CCC(F)(F)F)c4)cnc3c2)cn1. The van der Waals surface area contributed by atoms with Crippen LogP contribution in [-0.4, -0.2) is 85.9 Å². The highest BCUT2D eigenvalue weighted by Crippen LogP contribution is 2.31. The topological polar surface area (TPSA) is 168 Å². The molecule has 6 heterocycles. The highest BCUT2D eigenvalue weighted by molar-refractivity contribution is 5.83.